The Kier molecular flexibility index (Phi) is 4.92. The lowest BCUT2D eigenvalue weighted by Gasteiger charge is -2.21. The monoisotopic (exact) mass is 289 g/mol. The van der Waals surface area contributed by atoms with E-state index in [0.29, 0.717) is 18.4 Å². The summed E-state index contributed by atoms with van der Waals surface area (Å²) in [6.07, 6.45) is 1.93. The molecule has 0 saturated heterocycles. The summed E-state index contributed by atoms with van der Waals surface area (Å²) in [5.41, 5.74) is 0.949. The Balaban J connectivity index is 1.79. The molecule has 21 heavy (non-hydrogen) atoms. The first-order chi connectivity index (χ1) is 9.95. The molecular weight excluding hydrogens is 262 g/mol. The van der Waals surface area contributed by atoms with E-state index >= 15 is 0 Å². The SMILES string of the molecule is CC(C)CC1(C(=O)OCCN(C)c2ccccc2)CC1C. The van der Waals surface area contributed by atoms with Crippen molar-refractivity contribution in [3.05, 3.63) is 30.3 Å². The molecule has 2 unspecified atom stereocenters. The largest absolute Gasteiger partial charge is 0.463 e. The molecule has 1 aliphatic rings. The molecule has 1 aliphatic carbocycles. The van der Waals surface area contributed by atoms with Crippen LogP contribution in [0.1, 0.15) is 33.6 Å². The van der Waals surface area contributed by atoms with Crippen LogP contribution in [0.5, 0.6) is 0 Å². The Morgan fingerprint density at radius 1 is 1.38 bits per heavy atom. The molecule has 2 atom stereocenters. The highest BCUT2D eigenvalue weighted by atomic mass is 16.5. The van der Waals surface area contributed by atoms with E-state index in [1.54, 1.807) is 0 Å². The second kappa shape index (κ2) is 6.50. The number of benzene rings is 1. The summed E-state index contributed by atoms with van der Waals surface area (Å²) in [7, 11) is 2.02. The van der Waals surface area contributed by atoms with Crippen LogP contribution in [0.15, 0.2) is 30.3 Å². The zero-order chi connectivity index (χ0) is 15.5. The van der Waals surface area contributed by atoms with E-state index in [4.69, 9.17) is 4.74 Å². The van der Waals surface area contributed by atoms with Crippen LogP contribution in [0.3, 0.4) is 0 Å². The number of ether oxygens (including phenoxy) is 1. The minimum Gasteiger partial charge on any atom is -0.463 e. The van der Waals surface area contributed by atoms with E-state index in [1.807, 2.05) is 25.2 Å². The lowest BCUT2D eigenvalue weighted by Crippen LogP contribution is -2.28. The Morgan fingerprint density at radius 3 is 2.52 bits per heavy atom. The van der Waals surface area contributed by atoms with Gasteiger partial charge in [0, 0.05) is 12.7 Å². The number of hydrogen-bond acceptors (Lipinski definition) is 3. The fraction of sp³-hybridized carbons (Fsp3) is 0.611. The van der Waals surface area contributed by atoms with Crippen molar-refractivity contribution in [2.45, 2.75) is 33.6 Å². The smallest absolute Gasteiger partial charge is 0.312 e. The zero-order valence-corrected chi connectivity index (χ0v) is 13.6. The molecule has 0 N–H and O–H groups in total. The van der Waals surface area contributed by atoms with Crippen molar-refractivity contribution in [1.29, 1.82) is 0 Å². The molecule has 2 rings (SSSR count). The first-order valence-corrected chi connectivity index (χ1v) is 7.89. The molecule has 116 valence electrons. The van der Waals surface area contributed by atoms with E-state index in [-0.39, 0.29) is 11.4 Å². The number of carbonyl (C=O) groups is 1. The third-order valence-corrected chi connectivity index (χ3v) is 4.49. The molecule has 0 heterocycles. The summed E-state index contributed by atoms with van der Waals surface area (Å²) in [6, 6.07) is 10.2. The zero-order valence-electron chi connectivity index (χ0n) is 13.6. The van der Waals surface area contributed by atoms with Crippen molar-refractivity contribution in [2.75, 3.05) is 25.1 Å². The number of rotatable bonds is 7. The maximum Gasteiger partial charge on any atom is 0.312 e. The number of esters is 1. The van der Waals surface area contributed by atoms with Crippen molar-refractivity contribution in [3.8, 4) is 0 Å². The van der Waals surface area contributed by atoms with Gasteiger partial charge in [-0.2, -0.15) is 0 Å². The molecule has 0 aliphatic heterocycles. The van der Waals surface area contributed by atoms with E-state index in [9.17, 15) is 4.79 Å². The van der Waals surface area contributed by atoms with Gasteiger partial charge in [0.15, 0.2) is 0 Å². The predicted octanol–water partition coefficient (Wildman–Crippen LogP) is 3.74. The number of para-hydroxylation sites is 1. The summed E-state index contributed by atoms with van der Waals surface area (Å²) in [5, 5.41) is 0. The van der Waals surface area contributed by atoms with Gasteiger partial charge in [-0.15, -0.1) is 0 Å². The Morgan fingerprint density at radius 2 is 2.00 bits per heavy atom. The molecule has 0 amide bonds. The Labute approximate surface area is 128 Å². The fourth-order valence-electron chi connectivity index (χ4n) is 3.10. The summed E-state index contributed by atoms with van der Waals surface area (Å²) >= 11 is 0. The van der Waals surface area contributed by atoms with Gasteiger partial charge in [0.25, 0.3) is 0 Å². The Bertz CT molecular complexity index is 471. The van der Waals surface area contributed by atoms with Crippen molar-refractivity contribution in [2.24, 2.45) is 17.3 Å². The van der Waals surface area contributed by atoms with Crippen LogP contribution in [0, 0.1) is 17.3 Å². The highest BCUT2D eigenvalue weighted by Gasteiger charge is 2.58. The standard InChI is InChI=1S/C18H27NO2/c1-14(2)12-18(13-15(18)3)17(20)21-11-10-19(4)16-8-6-5-7-9-16/h5-9,14-15H,10-13H2,1-4H3. The van der Waals surface area contributed by atoms with Crippen molar-refractivity contribution in [1.82, 2.24) is 0 Å². The third kappa shape index (κ3) is 3.78. The van der Waals surface area contributed by atoms with E-state index < -0.39 is 0 Å². The maximum atomic E-state index is 12.4. The fourth-order valence-corrected chi connectivity index (χ4v) is 3.10. The minimum absolute atomic E-state index is 0.00478. The lowest BCUT2D eigenvalue weighted by molar-refractivity contribution is -0.151. The molecule has 0 radical (unpaired) electrons. The maximum absolute atomic E-state index is 12.4. The highest BCUT2D eigenvalue weighted by Crippen LogP contribution is 2.57. The summed E-state index contributed by atoms with van der Waals surface area (Å²) < 4.78 is 5.55. The Hall–Kier alpha value is -1.51. The van der Waals surface area contributed by atoms with Crippen LogP contribution in [0.2, 0.25) is 0 Å². The average molecular weight is 289 g/mol. The molecule has 1 fully saturated rings. The number of nitrogens with zero attached hydrogens (tertiary/aromatic N) is 1. The van der Waals surface area contributed by atoms with Crippen molar-refractivity contribution >= 4 is 11.7 Å². The van der Waals surface area contributed by atoms with Gasteiger partial charge < -0.3 is 9.64 Å². The molecule has 1 saturated carbocycles. The van der Waals surface area contributed by atoms with Crippen LogP contribution in [0.4, 0.5) is 5.69 Å². The molecule has 0 spiro atoms. The van der Waals surface area contributed by atoms with Crippen LogP contribution >= 0.6 is 0 Å². The van der Waals surface area contributed by atoms with Crippen LogP contribution in [-0.4, -0.2) is 26.2 Å². The topological polar surface area (TPSA) is 29.5 Å². The van der Waals surface area contributed by atoms with E-state index in [2.05, 4.69) is 37.8 Å². The predicted molar refractivity (Wildman–Crippen MR) is 86.3 cm³/mol. The third-order valence-electron chi connectivity index (χ3n) is 4.49. The molecule has 0 bridgehead atoms. The average Bonchev–Trinajstić information content (AvgIpc) is 3.09. The molecular formula is C18H27NO2. The minimum atomic E-state index is -0.195. The van der Waals surface area contributed by atoms with E-state index in [1.165, 1.54) is 0 Å². The number of likely N-dealkylation sites (N-methyl/N-ethyl adjacent to an activating group) is 1. The van der Waals surface area contributed by atoms with Crippen molar-refractivity contribution in [3.63, 3.8) is 0 Å². The molecule has 3 heteroatoms. The van der Waals surface area contributed by atoms with Gasteiger partial charge in [0.2, 0.25) is 0 Å². The van der Waals surface area contributed by atoms with Crippen LogP contribution < -0.4 is 4.90 Å². The summed E-state index contributed by atoms with van der Waals surface area (Å²) in [4.78, 5) is 14.5. The second-order valence-corrected chi connectivity index (χ2v) is 6.75. The summed E-state index contributed by atoms with van der Waals surface area (Å²) in [5.74, 6) is 1.01. The molecule has 3 nitrogen and oxygen atoms in total. The van der Waals surface area contributed by atoms with E-state index in [0.717, 1.165) is 25.1 Å². The van der Waals surface area contributed by atoms with Gasteiger partial charge in [0.05, 0.1) is 12.0 Å². The second-order valence-electron chi connectivity index (χ2n) is 6.75. The number of anilines is 1. The number of hydrogen-bond donors (Lipinski definition) is 0. The van der Waals surface area contributed by atoms with Gasteiger partial charge in [0.1, 0.15) is 6.61 Å². The van der Waals surface area contributed by atoms with Gasteiger partial charge in [-0.1, -0.05) is 39.0 Å². The van der Waals surface area contributed by atoms with Gasteiger partial charge in [-0.3, -0.25) is 4.79 Å². The molecule has 1 aromatic carbocycles. The highest BCUT2D eigenvalue weighted by molar-refractivity contribution is 5.80. The normalized spacial score (nSPS) is 24.0. The molecule has 1 aromatic rings. The van der Waals surface area contributed by atoms with Gasteiger partial charge in [-0.25, -0.2) is 0 Å². The first kappa shape index (κ1) is 15.9. The first-order valence-electron chi connectivity index (χ1n) is 7.89. The number of carbonyl (C=O) groups excluding carboxylic acids is 1. The van der Waals surface area contributed by atoms with Gasteiger partial charge in [-0.05, 0) is 36.8 Å². The van der Waals surface area contributed by atoms with Crippen molar-refractivity contribution < 1.29 is 9.53 Å². The lowest BCUT2D eigenvalue weighted by atomic mass is 9.92. The van der Waals surface area contributed by atoms with Crippen LogP contribution in [0.25, 0.3) is 0 Å². The summed E-state index contributed by atoms with van der Waals surface area (Å²) in [6.45, 7) is 7.67. The van der Waals surface area contributed by atoms with Gasteiger partial charge >= 0.3 is 5.97 Å². The van der Waals surface area contributed by atoms with Crippen LogP contribution in [-0.2, 0) is 9.53 Å². The quantitative estimate of drug-likeness (QED) is 0.716. The molecule has 0 aromatic heterocycles.